The van der Waals surface area contributed by atoms with Gasteiger partial charge < -0.3 is 18.0 Å². The Bertz CT molecular complexity index is 1040. The third kappa shape index (κ3) is 8.75. The smallest absolute Gasteiger partial charge is 0.461 e. The number of hydrogen-bond donors (Lipinski definition) is 0. The van der Waals surface area contributed by atoms with Crippen LogP contribution in [0.2, 0.25) is 6.04 Å². The van der Waals surface area contributed by atoms with E-state index < -0.39 is 8.80 Å². The van der Waals surface area contributed by atoms with Crippen molar-refractivity contribution in [1.29, 1.82) is 0 Å². The Morgan fingerprint density at radius 1 is 0.833 bits per heavy atom. The molecule has 3 aromatic carbocycles. The van der Waals surface area contributed by atoms with E-state index in [-0.39, 0.29) is 17.8 Å². The van der Waals surface area contributed by atoms with Gasteiger partial charge in [-0.2, -0.15) is 11.8 Å². The van der Waals surface area contributed by atoms with Crippen LogP contribution in [0.15, 0.2) is 72.8 Å². The van der Waals surface area contributed by atoms with Gasteiger partial charge in [-0.3, -0.25) is 4.79 Å². The molecular weight excluding hydrogens is 488 g/mol. The summed E-state index contributed by atoms with van der Waals surface area (Å²) in [6, 6.07) is 25.3. The van der Waals surface area contributed by atoms with Gasteiger partial charge in [0.2, 0.25) is 0 Å². The number of thioether (sulfide) groups is 1. The molecule has 0 aromatic heterocycles. The van der Waals surface area contributed by atoms with E-state index in [4.69, 9.17) is 18.0 Å². The molecule has 0 radical (unpaired) electrons. The van der Waals surface area contributed by atoms with E-state index in [0.29, 0.717) is 26.2 Å². The zero-order chi connectivity index (χ0) is 25.6. The summed E-state index contributed by atoms with van der Waals surface area (Å²) in [5.41, 5.74) is 2.13. The Hall–Kier alpha value is -2.16. The number of fused-ring (bicyclic) bond motifs is 1. The van der Waals surface area contributed by atoms with Crippen molar-refractivity contribution in [2.45, 2.75) is 51.5 Å². The third-order valence-corrected chi connectivity index (χ3v) is 10.3. The van der Waals surface area contributed by atoms with E-state index in [2.05, 4.69) is 36.4 Å². The molecule has 0 fully saturated rings. The molecule has 1 atom stereocenters. The van der Waals surface area contributed by atoms with Crippen molar-refractivity contribution in [3.05, 3.63) is 83.9 Å². The van der Waals surface area contributed by atoms with Crippen molar-refractivity contribution in [1.82, 2.24) is 0 Å². The van der Waals surface area contributed by atoms with Crippen LogP contribution in [0.5, 0.6) is 0 Å². The standard InChI is InChI=1S/C29H38O5SSi/c1-4-32-36(33-5-2,34-6-3)20-12-19-35-28(26-14-8-7-9-15-26)22-29(30)31-23-24-17-18-25-13-10-11-16-27(25)21-24/h7-11,13-18,21,28H,4-6,12,19-20,22-23H2,1-3H3. The van der Waals surface area contributed by atoms with Gasteiger partial charge in [-0.1, -0.05) is 66.7 Å². The first-order valence-corrected chi connectivity index (χ1v) is 15.8. The second-order valence-electron chi connectivity index (χ2n) is 8.40. The van der Waals surface area contributed by atoms with Crippen molar-refractivity contribution in [3.8, 4) is 0 Å². The van der Waals surface area contributed by atoms with Gasteiger partial charge in [0.25, 0.3) is 0 Å². The molecule has 0 aliphatic carbocycles. The monoisotopic (exact) mass is 526 g/mol. The Labute approximate surface area is 220 Å². The highest BCUT2D eigenvalue weighted by molar-refractivity contribution is 7.99. The summed E-state index contributed by atoms with van der Waals surface area (Å²) in [7, 11) is -2.65. The van der Waals surface area contributed by atoms with Crippen molar-refractivity contribution in [2.24, 2.45) is 0 Å². The minimum Gasteiger partial charge on any atom is -0.461 e. The van der Waals surface area contributed by atoms with Crippen LogP contribution in [0, 0.1) is 0 Å². The maximum absolute atomic E-state index is 12.8. The van der Waals surface area contributed by atoms with E-state index in [1.807, 2.05) is 57.2 Å². The molecule has 3 rings (SSSR count). The molecule has 0 saturated carbocycles. The van der Waals surface area contributed by atoms with E-state index in [9.17, 15) is 4.79 Å². The average Bonchev–Trinajstić information content (AvgIpc) is 2.90. The van der Waals surface area contributed by atoms with Crippen LogP contribution in [0.4, 0.5) is 0 Å². The molecule has 0 heterocycles. The van der Waals surface area contributed by atoms with Crippen molar-refractivity contribution in [3.63, 3.8) is 0 Å². The topological polar surface area (TPSA) is 54.0 Å². The summed E-state index contributed by atoms with van der Waals surface area (Å²) in [6.45, 7) is 7.94. The van der Waals surface area contributed by atoms with Crippen LogP contribution < -0.4 is 0 Å². The lowest BCUT2D eigenvalue weighted by Gasteiger charge is -2.28. The first kappa shape index (κ1) is 28.4. The highest BCUT2D eigenvalue weighted by Gasteiger charge is 2.39. The zero-order valence-corrected chi connectivity index (χ0v) is 23.4. The van der Waals surface area contributed by atoms with Crippen LogP contribution in [-0.2, 0) is 29.4 Å². The van der Waals surface area contributed by atoms with Gasteiger partial charge in [0, 0.05) is 31.1 Å². The first-order valence-electron chi connectivity index (χ1n) is 12.8. The molecule has 0 saturated heterocycles. The largest absolute Gasteiger partial charge is 0.500 e. The second kappa shape index (κ2) is 15.2. The second-order valence-corrected chi connectivity index (χ2v) is 12.4. The molecule has 1 unspecified atom stereocenters. The number of esters is 1. The van der Waals surface area contributed by atoms with E-state index in [0.717, 1.165) is 34.7 Å². The zero-order valence-electron chi connectivity index (χ0n) is 21.6. The molecule has 7 heteroatoms. The van der Waals surface area contributed by atoms with Crippen LogP contribution in [0.1, 0.15) is 50.0 Å². The molecule has 0 spiro atoms. The molecule has 0 aliphatic heterocycles. The first-order chi connectivity index (χ1) is 17.6. The third-order valence-electron chi connectivity index (χ3n) is 5.78. The summed E-state index contributed by atoms with van der Waals surface area (Å²) in [5, 5.41) is 2.35. The lowest BCUT2D eigenvalue weighted by Crippen LogP contribution is -2.46. The summed E-state index contributed by atoms with van der Waals surface area (Å²) < 4.78 is 23.6. The fraction of sp³-hybridized carbons (Fsp3) is 0.414. The minimum atomic E-state index is -2.65. The van der Waals surface area contributed by atoms with Crippen molar-refractivity contribution in [2.75, 3.05) is 25.6 Å². The van der Waals surface area contributed by atoms with E-state index in [1.165, 1.54) is 5.39 Å². The van der Waals surface area contributed by atoms with E-state index in [1.54, 1.807) is 11.8 Å². The Morgan fingerprint density at radius 3 is 2.14 bits per heavy atom. The number of benzene rings is 3. The summed E-state index contributed by atoms with van der Waals surface area (Å²) in [4.78, 5) is 12.8. The fourth-order valence-corrected chi connectivity index (χ4v) is 8.23. The number of carbonyl (C=O) groups is 1. The van der Waals surface area contributed by atoms with Gasteiger partial charge in [0.15, 0.2) is 0 Å². The van der Waals surface area contributed by atoms with Crippen molar-refractivity contribution >= 4 is 37.3 Å². The summed E-state index contributed by atoms with van der Waals surface area (Å²) >= 11 is 1.78. The number of hydrogen-bond acceptors (Lipinski definition) is 6. The molecule has 5 nitrogen and oxygen atoms in total. The highest BCUT2D eigenvalue weighted by atomic mass is 32.2. The minimum absolute atomic E-state index is 0.0256. The van der Waals surface area contributed by atoms with Gasteiger partial charge in [-0.15, -0.1) is 0 Å². The fourth-order valence-electron chi connectivity index (χ4n) is 4.16. The Kier molecular flexibility index (Phi) is 12.0. The predicted octanol–water partition coefficient (Wildman–Crippen LogP) is 7.19. The molecule has 3 aromatic rings. The van der Waals surface area contributed by atoms with Crippen molar-refractivity contribution < 1.29 is 22.8 Å². The maximum Gasteiger partial charge on any atom is 0.500 e. The van der Waals surface area contributed by atoms with Gasteiger partial charge in [-0.05, 0) is 60.9 Å². The predicted molar refractivity (Wildman–Crippen MR) is 150 cm³/mol. The van der Waals surface area contributed by atoms with Crippen LogP contribution in [0.3, 0.4) is 0 Å². The van der Waals surface area contributed by atoms with Crippen LogP contribution in [-0.4, -0.2) is 40.3 Å². The normalized spacial score (nSPS) is 12.5. The Balaban J connectivity index is 1.56. The lowest BCUT2D eigenvalue weighted by atomic mass is 10.1. The number of rotatable bonds is 16. The molecule has 0 amide bonds. The van der Waals surface area contributed by atoms with Crippen LogP contribution >= 0.6 is 11.8 Å². The maximum atomic E-state index is 12.8. The molecular formula is C29H38O5SSi. The molecule has 0 N–H and O–H groups in total. The Morgan fingerprint density at radius 2 is 1.47 bits per heavy atom. The molecule has 0 aliphatic rings. The number of ether oxygens (including phenoxy) is 1. The molecule has 36 heavy (non-hydrogen) atoms. The highest BCUT2D eigenvalue weighted by Crippen LogP contribution is 2.34. The SMILES string of the molecule is CCO[Si](CCCSC(CC(=O)OCc1ccc2ccccc2c1)c1ccccc1)(OCC)OCC. The molecule has 194 valence electrons. The van der Waals surface area contributed by atoms with Crippen LogP contribution in [0.25, 0.3) is 10.8 Å². The molecule has 0 bridgehead atoms. The lowest BCUT2D eigenvalue weighted by molar-refractivity contribution is -0.144. The van der Waals surface area contributed by atoms with Gasteiger partial charge in [0.1, 0.15) is 6.61 Å². The average molecular weight is 527 g/mol. The summed E-state index contributed by atoms with van der Waals surface area (Å²) in [5.74, 6) is 0.686. The van der Waals surface area contributed by atoms with Gasteiger partial charge >= 0.3 is 14.8 Å². The van der Waals surface area contributed by atoms with Gasteiger partial charge in [-0.25, -0.2) is 0 Å². The van der Waals surface area contributed by atoms with E-state index >= 15 is 0 Å². The summed E-state index contributed by atoms with van der Waals surface area (Å²) in [6.07, 6.45) is 1.22. The quantitative estimate of drug-likeness (QED) is 0.112. The number of carbonyl (C=O) groups excluding carboxylic acids is 1. The van der Waals surface area contributed by atoms with Gasteiger partial charge in [0.05, 0.1) is 6.42 Å².